The summed E-state index contributed by atoms with van der Waals surface area (Å²) in [6, 6.07) is -0.571. The van der Waals surface area contributed by atoms with Gasteiger partial charge in [-0.15, -0.1) is 0 Å². The third-order valence-corrected chi connectivity index (χ3v) is 4.36. The number of carbonyl (C=O) groups excluding carboxylic acids is 3. The quantitative estimate of drug-likeness (QED) is 0.406. The van der Waals surface area contributed by atoms with E-state index in [9.17, 15) is 19.5 Å². The number of amides is 3. The van der Waals surface area contributed by atoms with Crippen LogP contribution >= 0.6 is 0 Å². The van der Waals surface area contributed by atoms with E-state index in [-0.39, 0.29) is 35.5 Å². The molecule has 1 aliphatic heterocycles. The van der Waals surface area contributed by atoms with Gasteiger partial charge in [-0.05, 0) is 38.5 Å². The van der Waals surface area contributed by atoms with Crippen molar-refractivity contribution < 1.29 is 49.0 Å². The van der Waals surface area contributed by atoms with Gasteiger partial charge in [-0.1, -0.05) is 0 Å². The first kappa shape index (κ1) is 13.8. The van der Waals surface area contributed by atoms with Gasteiger partial charge in [0.1, 0.15) is 5.54 Å². The van der Waals surface area contributed by atoms with Crippen molar-refractivity contribution >= 4 is 17.9 Å². The molecule has 0 aromatic rings. The van der Waals surface area contributed by atoms with E-state index >= 15 is 0 Å². The van der Waals surface area contributed by atoms with Gasteiger partial charge in [0.2, 0.25) is 0 Å². The fourth-order valence-electron chi connectivity index (χ4n) is 2.91. The average Bonchev–Trinajstić information content (AvgIpc) is 2.39. The normalized spacial score (nSPS) is 27.0. The van der Waals surface area contributed by atoms with Crippen molar-refractivity contribution in [2.24, 2.45) is 0 Å². The van der Waals surface area contributed by atoms with Crippen LogP contribution in [-0.4, -0.2) is 33.9 Å². The van der Waals surface area contributed by atoms with Gasteiger partial charge in [0.15, 0.2) is 0 Å². The zero-order chi connectivity index (χ0) is 12.3. The summed E-state index contributed by atoms with van der Waals surface area (Å²) in [6.07, 6.45) is 3.43. The molecule has 0 bridgehead atoms. The Balaban J connectivity index is 0.00000120. The monoisotopic (exact) mass is 260 g/mol. The van der Waals surface area contributed by atoms with Crippen LogP contribution < -0.4 is 40.0 Å². The summed E-state index contributed by atoms with van der Waals surface area (Å²) in [5.41, 5.74) is -2.20. The number of carbonyl (C=O) groups is 3. The van der Waals surface area contributed by atoms with Gasteiger partial charge in [-0.3, -0.25) is 9.69 Å². The van der Waals surface area contributed by atoms with Crippen molar-refractivity contribution in [3.05, 3.63) is 0 Å². The Morgan fingerprint density at radius 1 is 1.17 bits per heavy atom. The van der Waals surface area contributed by atoms with Gasteiger partial charge in [-0.25, -0.2) is 4.79 Å². The molecule has 0 radical (unpaired) electrons. The summed E-state index contributed by atoms with van der Waals surface area (Å²) in [4.78, 5) is 36.2. The number of urea groups is 1. The zero-order valence-corrected chi connectivity index (χ0v) is 12.3. The molecule has 1 heterocycles. The minimum absolute atomic E-state index is 0. The largest absolute Gasteiger partial charge is 1.00 e. The molecule has 6 nitrogen and oxygen atoms in total. The molecule has 3 amide bonds. The molecular formula is C11H13N2NaO4. The summed E-state index contributed by atoms with van der Waals surface area (Å²) >= 11 is 0. The van der Waals surface area contributed by atoms with Crippen LogP contribution in [0.15, 0.2) is 0 Å². The number of nitrogens with zero attached hydrogens (tertiary/aromatic N) is 1. The van der Waals surface area contributed by atoms with Crippen LogP contribution in [0.1, 0.15) is 38.5 Å². The maximum absolute atomic E-state index is 12.2. The van der Waals surface area contributed by atoms with Crippen LogP contribution in [0.4, 0.5) is 4.79 Å². The second kappa shape index (κ2) is 4.21. The van der Waals surface area contributed by atoms with E-state index in [2.05, 4.69) is 5.32 Å². The van der Waals surface area contributed by atoms with Crippen molar-refractivity contribution in [1.29, 1.82) is 0 Å². The topological polar surface area (TPSA) is 89.5 Å². The van der Waals surface area contributed by atoms with Crippen molar-refractivity contribution in [2.75, 3.05) is 0 Å². The molecule has 0 atom stereocenters. The number of rotatable bonds is 2. The molecule has 92 valence electrons. The van der Waals surface area contributed by atoms with E-state index in [4.69, 9.17) is 0 Å². The first-order valence-electron chi connectivity index (χ1n) is 5.90. The molecule has 2 saturated carbocycles. The molecule has 0 aromatic carbocycles. The SMILES string of the molecule is O=C1NC2(CCC2)C(=O)N1C1(C(=O)[O-])CCC1.[Na+]. The minimum Gasteiger partial charge on any atom is -0.548 e. The minimum atomic E-state index is -1.39. The standard InChI is InChI=1S/C11H14N2O4.Na/c14-7-10(3-1-4-10)12-9(17)13(7)11(8(15)16)5-2-6-11;/h1-6H2,(H,12,17)(H,15,16);/q;+1/p-1. The molecule has 1 spiro atoms. The van der Waals surface area contributed by atoms with Crippen LogP contribution in [0.3, 0.4) is 0 Å². The number of aliphatic carboxylic acids is 1. The number of nitrogens with one attached hydrogen (secondary N) is 1. The summed E-state index contributed by atoms with van der Waals surface area (Å²) in [6.45, 7) is 0. The first-order valence-corrected chi connectivity index (χ1v) is 5.90. The summed E-state index contributed by atoms with van der Waals surface area (Å²) in [5.74, 6) is -1.69. The van der Waals surface area contributed by atoms with Crippen LogP contribution in [0.2, 0.25) is 0 Å². The summed E-state index contributed by atoms with van der Waals surface area (Å²) in [5, 5.41) is 13.9. The smallest absolute Gasteiger partial charge is 0.548 e. The number of carboxylic acid groups (broad SMARTS) is 1. The fourth-order valence-corrected chi connectivity index (χ4v) is 2.91. The van der Waals surface area contributed by atoms with Gasteiger partial charge >= 0.3 is 35.6 Å². The second-order valence-corrected chi connectivity index (χ2v) is 5.18. The molecule has 3 fully saturated rings. The van der Waals surface area contributed by atoms with Crippen molar-refractivity contribution in [3.63, 3.8) is 0 Å². The van der Waals surface area contributed by atoms with E-state index in [0.29, 0.717) is 32.1 Å². The van der Waals surface area contributed by atoms with Crippen LogP contribution in [0.25, 0.3) is 0 Å². The van der Waals surface area contributed by atoms with Crippen LogP contribution in [-0.2, 0) is 9.59 Å². The molecule has 0 aromatic heterocycles. The second-order valence-electron chi connectivity index (χ2n) is 5.18. The summed E-state index contributed by atoms with van der Waals surface area (Å²) < 4.78 is 0. The number of hydrogen-bond acceptors (Lipinski definition) is 4. The van der Waals surface area contributed by atoms with Crippen molar-refractivity contribution in [1.82, 2.24) is 10.2 Å². The molecule has 0 unspecified atom stereocenters. The van der Waals surface area contributed by atoms with Crippen LogP contribution in [0.5, 0.6) is 0 Å². The van der Waals surface area contributed by atoms with E-state index in [0.717, 1.165) is 11.3 Å². The Morgan fingerprint density at radius 3 is 2.00 bits per heavy atom. The maximum Gasteiger partial charge on any atom is 1.00 e. The molecule has 2 aliphatic carbocycles. The van der Waals surface area contributed by atoms with E-state index < -0.39 is 23.1 Å². The summed E-state index contributed by atoms with van der Waals surface area (Å²) in [7, 11) is 0. The molecule has 3 rings (SSSR count). The third kappa shape index (κ3) is 1.49. The Kier molecular flexibility index (Phi) is 3.24. The molecule has 7 heteroatoms. The maximum atomic E-state index is 12.2. The van der Waals surface area contributed by atoms with Gasteiger partial charge in [0.25, 0.3) is 5.91 Å². The molecular weight excluding hydrogens is 247 g/mol. The molecule has 18 heavy (non-hydrogen) atoms. The van der Waals surface area contributed by atoms with Gasteiger partial charge < -0.3 is 15.2 Å². The van der Waals surface area contributed by atoms with E-state index in [1.807, 2.05) is 0 Å². The fraction of sp³-hybridized carbons (Fsp3) is 0.727. The zero-order valence-electron chi connectivity index (χ0n) is 10.3. The van der Waals surface area contributed by atoms with Gasteiger partial charge in [0, 0.05) is 0 Å². The molecule has 1 saturated heterocycles. The van der Waals surface area contributed by atoms with Crippen molar-refractivity contribution in [3.8, 4) is 0 Å². The number of hydrogen-bond donors (Lipinski definition) is 1. The van der Waals surface area contributed by atoms with Crippen molar-refractivity contribution in [2.45, 2.75) is 49.6 Å². The third-order valence-electron chi connectivity index (χ3n) is 4.36. The number of imide groups is 1. The predicted octanol–water partition coefficient (Wildman–Crippen LogP) is -3.86. The first-order chi connectivity index (χ1) is 8.02. The van der Waals surface area contributed by atoms with E-state index in [1.165, 1.54) is 0 Å². The van der Waals surface area contributed by atoms with E-state index in [1.54, 1.807) is 0 Å². The predicted molar refractivity (Wildman–Crippen MR) is 53.5 cm³/mol. The Labute approximate surface area is 126 Å². The molecule has 1 N–H and O–H groups in total. The van der Waals surface area contributed by atoms with Crippen LogP contribution in [0, 0.1) is 0 Å². The Bertz CT molecular complexity index is 429. The Hall–Kier alpha value is -0.590. The average molecular weight is 260 g/mol. The van der Waals surface area contributed by atoms with Gasteiger partial charge in [0.05, 0.1) is 11.5 Å². The Morgan fingerprint density at radius 2 is 1.72 bits per heavy atom. The molecule has 3 aliphatic rings. The number of carboxylic acids is 1. The van der Waals surface area contributed by atoms with Gasteiger partial charge in [-0.2, -0.15) is 0 Å².